The number of hydrogen-bond donors (Lipinski definition) is 1. The summed E-state index contributed by atoms with van der Waals surface area (Å²) in [7, 11) is 0. The molecule has 2 amide bonds. The topological polar surface area (TPSA) is 89.3 Å². The van der Waals surface area contributed by atoms with E-state index in [9.17, 15) is 14.0 Å². The lowest BCUT2D eigenvalue weighted by Gasteiger charge is -2.29. The van der Waals surface area contributed by atoms with Gasteiger partial charge in [0.25, 0.3) is 5.91 Å². The Morgan fingerprint density at radius 3 is 2.91 bits per heavy atom. The van der Waals surface area contributed by atoms with E-state index in [1.54, 1.807) is 23.1 Å². The molecule has 1 aromatic heterocycles. The highest BCUT2D eigenvalue weighted by molar-refractivity contribution is 5.99. The van der Waals surface area contributed by atoms with Gasteiger partial charge in [0.15, 0.2) is 12.4 Å². The van der Waals surface area contributed by atoms with E-state index in [1.165, 1.54) is 12.1 Å². The van der Waals surface area contributed by atoms with Gasteiger partial charge in [0.1, 0.15) is 17.4 Å². The van der Waals surface area contributed by atoms with E-state index >= 15 is 0 Å². The largest absolute Gasteiger partial charge is 0.482 e. The first-order valence-corrected chi connectivity index (χ1v) is 11.1. The van der Waals surface area contributed by atoms with Crippen molar-refractivity contribution in [3.63, 3.8) is 0 Å². The van der Waals surface area contributed by atoms with Crippen LogP contribution in [0, 0.1) is 5.82 Å². The number of amides is 2. The number of para-hydroxylation sites is 2. The number of aryl methyl sites for hydroxylation is 1. The van der Waals surface area contributed by atoms with Gasteiger partial charge in [-0.2, -0.15) is 0 Å². The van der Waals surface area contributed by atoms with Gasteiger partial charge in [-0.3, -0.25) is 9.59 Å². The number of nitrogens with one attached hydrogen (secondary N) is 1. The lowest BCUT2D eigenvalue weighted by atomic mass is 10.1. The number of fused-ring (bicyclic) bond motifs is 2. The van der Waals surface area contributed by atoms with Gasteiger partial charge in [-0.15, -0.1) is 10.2 Å². The standard InChI is InChI=1S/C24H24FN5O3/c25-18-10-9-16(14-17(18)24-28-27-21-8-2-1-5-12-30(21)24)26-22(31)11-13-29-19-6-3-4-7-20(19)33-15-23(29)32/h3-4,6-7,9-10,14H,1-2,5,8,11-13,15H2,(H,26,31). The Labute approximate surface area is 190 Å². The van der Waals surface area contributed by atoms with Crippen LogP contribution in [0.4, 0.5) is 15.8 Å². The number of ether oxygens (including phenoxy) is 1. The van der Waals surface area contributed by atoms with Crippen LogP contribution in [0.5, 0.6) is 5.75 Å². The van der Waals surface area contributed by atoms with Crippen molar-refractivity contribution in [2.75, 3.05) is 23.4 Å². The third kappa shape index (κ3) is 4.30. The van der Waals surface area contributed by atoms with Crippen molar-refractivity contribution >= 4 is 23.2 Å². The Morgan fingerprint density at radius 2 is 2.00 bits per heavy atom. The molecule has 0 fully saturated rings. The second-order valence-electron chi connectivity index (χ2n) is 8.20. The molecule has 2 aromatic carbocycles. The van der Waals surface area contributed by atoms with Crippen molar-refractivity contribution in [1.29, 1.82) is 0 Å². The molecule has 0 spiro atoms. The number of aromatic nitrogens is 3. The van der Waals surface area contributed by atoms with Crippen molar-refractivity contribution < 1.29 is 18.7 Å². The van der Waals surface area contributed by atoms with E-state index in [4.69, 9.17) is 4.74 Å². The van der Waals surface area contributed by atoms with Crippen molar-refractivity contribution in [1.82, 2.24) is 14.8 Å². The van der Waals surface area contributed by atoms with E-state index in [0.29, 0.717) is 28.5 Å². The maximum absolute atomic E-state index is 14.7. The Bertz CT molecular complexity index is 1210. The Hall–Kier alpha value is -3.75. The van der Waals surface area contributed by atoms with Gasteiger partial charge in [-0.25, -0.2) is 4.39 Å². The molecule has 0 saturated carbocycles. The van der Waals surface area contributed by atoms with Crippen LogP contribution in [-0.2, 0) is 22.6 Å². The number of carbonyl (C=O) groups is 2. The van der Waals surface area contributed by atoms with E-state index in [2.05, 4.69) is 15.5 Å². The van der Waals surface area contributed by atoms with Crippen LogP contribution in [0.25, 0.3) is 11.4 Å². The molecule has 33 heavy (non-hydrogen) atoms. The molecule has 0 radical (unpaired) electrons. The first-order valence-electron chi connectivity index (χ1n) is 11.1. The summed E-state index contributed by atoms with van der Waals surface area (Å²) in [6.07, 6.45) is 4.07. The zero-order chi connectivity index (χ0) is 22.8. The van der Waals surface area contributed by atoms with Gasteiger partial charge >= 0.3 is 0 Å². The van der Waals surface area contributed by atoms with E-state index < -0.39 is 5.82 Å². The first kappa shape index (κ1) is 21.1. The lowest BCUT2D eigenvalue weighted by molar-refractivity contribution is -0.121. The fraction of sp³-hybridized carbons (Fsp3) is 0.333. The van der Waals surface area contributed by atoms with Crippen LogP contribution < -0.4 is 15.0 Å². The van der Waals surface area contributed by atoms with Crippen molar-refractivity contribution in [3.05, 3.63) is 54.1 Å². The summed E-state index contributed by atoms with van der Waals surface area (Å²) in [5.74, 6) is 1.08. The van der Waals surface area contributed by atoms with Crippen LogP contribution in [0.3, 0.4) is 0 Å². The van der Waals surface area contributed by atoms with Crippen molar-refractivity contribution in [2.24, 2.45) is 0 Å². The molecule has 0 atom stereocenters. The molecule has 2 aliphatic heterocycles. The second-order valence-corrected chi connectivity index (χ2v) is 8.20. The minimum Gasteiger partial charge on any atom is -0.482 e. The predicted molar refractivity (Wildman–Crippen MR) is 121 cm³/mol. The number of halogens is 1. The molecule has 9 heteroatoms. The molecule has 170 valence electrons. The Balaban J connectivity index is 1.29. The monoisotopic (exact) mass is 449 g/mol. The van der Waals surface area contributed by atoms with Gasteiger partial charge in [0, 0.05) is 31.6 Å². The van der Waals surface area contributed by atoms with Crippen LogP contribution >= 0.6 is 0 Å². The molecule has 0 bridgehead atoms. The third-order valence-electron chi connectivity index (χ3n) is 5.97. The molecule has 0 unspecified atom stereocenters. The molecule has 1 N–H and O–H groups in total. The molecule has 3 aromatic rings. The lowest BCUT2D eigenvalue weighted by Crippen LogP contribution is -2.40. The zero-order valence-electron chi connectivity index (χ0n) is 18.1. The van der Waals surface area contributed by atoms with Gasteiger partial charge in [-0.05, 0) is 43.2 Å². The number of rotatable bonds is 5. The number of benzene rings is 2. The Kier molecular flexibility index (Phi) is 5.77. The normalized spacial score (nSPS) is 15.3. The minimum atomic E-state index is -0.414. The van der Waals surface area contributed by atoms with Crippen LogP contribution in [0.2, 0.25) is 0 Å². The van der Waals surface area contributed by atoms with Gasteiger partial charge in [-0.1, -0.05) is 18.6 Å². The van der Waals surface area contributed by atoms with Gasteiger partial charge in [0.2, 0.25) is 5.91 Å². The first-order chi connectivity index (χ1) is 16.1. The summed E-state index contributed by atoms with van der Waals surface area (Å²) in [6, 6.07) is 11.7. The highest BCUT2D eigenvalue weighted by Crippen LogP contribution is 2.32. The smallest absolute Gasteiger partial charge is 0.265 e. The summed E-state index contributed by atoms with van der Waals surface area (Å²) in [4.78, 5) is 26.5. The summed E-state index contributed by atoms with van der Waals surface area (Å²) >= 11 is 0. The van der Waals surface area contributed by atoms with Crippen LogP contribution in [0.15, 0.2) is 42.5 Å². The average molecular weight is 449 g/mol. The van der Waals surface area contributed by atoms with Crippen LogP contribution in [-0.4, -0.2) is 39.7 Å². The predicted octanol–water partition coefficient (Wildman–Crippen LogP) is 3.56. The van der Waals surface area contributed by atoms with Crippen molar-refractivity contribution in [2.45, 2.75) is 38.6 Å². The van der Waals surface area contributed by atoms with E-state index in [0.717, 1.165) is 38.1 Å². The molecular weight excluding hydrogens is 425 g/mol. The summed E-state index contributed by atoms with van der Waals surface area (Å²) in [6.45, 7) is 0.919. The third-order valence-corrected chi connectivity index (χ3v) is 5.97. The number of nitrogens with zero attached hydrogens (tertiary/aromatic N) is 4. The zero-order valence-corrected chi connectivity index (χ0v) is 18.1. The number of anilines is 2. The maximum atomic E-state index is 14.7. The fourth-order valence-corrected chi connectivity index (χ4v) is 4.29. The Morgan fingerprint density at radius 1 is 1.12 bits per heavy atom. The van der Waals surface area contributed by atoms with Gasteiger partial charge < -0.3 is 19.5 Å². The fourth-order valence-electron chi connectivity index (χ4n) is 4.29. The number of hydrogen-bond acceptors (Lipinski definition) is 5. The molecule has 5 rings (SSSR count). The minimum absolute atomic E-state index is 0.0530. The quantitative estimate of drug-likeness (QED) is 0.643. The number of carbonyl (C=O) groups excluding carboxylic acids is 2. The second kappa shape index (κ2) is 9.01. The average Bonchev–Trinajstić information content (AvgIpc) is 3.07. The molecule has 2 aliphatic rings. The van der Waals surface area contributed by atoms with Crippen molar-refractivity contribution in [3.8, 4) is 17.1 Å². The summed E-state index contributed by atoms with van der Waals surface area (Å²) in [5.41, 5.74) is 1.43. The van der Waals surface area contributed by atoms with E-state index in [-0.39, 0.29) is 31.4 Å². The maximum Gasteiger partial charge on any atom is 0.265 e. The molecule has 8 nitrogen and oxygen atoms in total. The molecule has 0 saturated heterocycles. The molecule has 3 heterocycles. The SMILES string of the molecule is O=C(CCN1C(=O)COc2ccccc21)Nc1ccc(F)c(-c2nnc3n2CCCCC3)c1. The van der Waals surface area contributed by atoms with Crippen LogP contribution in [0.1, 0.15) is 31.5 Å². The highest BCUT2D eigenvalue weighted by atomic mass is 19.1. The summed E-state index contributed by atoms with van der Waals surface area (Å²) in [5, 5.41) is 11.3. The van der Waals surface area contributed by atoms with Gasteiger partial charge in [0.05, 0.1) is 11.3 Å². The molecular formula is C24H24FN5O3. The highest BCUT2D eigenvalue weighted by Gasteiger charge is 2.25. The molecule has 0 aliphatic carbocycles. The van der Waals surface area contributed by atoms with E-state index in [1.807, 2.05) is 16.7 Å². The summed E-state index contributed by atoms with van der Waals surface area (Å²) < 4.78 is 22.1.